The van der Waals surface area contributed by atoms with Crippen molar-refractivity contribution in [2.45, 2.75) is 19.0 Å². The van der Waals surface area contributed by atoms with Crippen molar-refractivity contribution in [3.8, 4) is 28.7 Å². The Balaban J connectivity index is 1.53. The van der Waals surface area contributed by atoms with Crippen molar-refractivity contribution in [2.24, 2.45) is 0 Å². The lowest BCUT2D eigenvalue weighted by Crippen LogP contribution is -2.25. The zero-order chi connectivity index (χ0) is 29.9. The maximum Gasteiger partial charge on any atom is 0.432 e. The van der Waals surface area contributed by atoms with Crippen molar-refractivity contribution in [1.82, 2.24) is 0 Å². The number of halogens is 9. The van der Waals surface area contributed by atoms with Crippen LogP contribution in [0.5, 0.6) is 5.75 Å². The fourth-order valence-corrected chi connectivity index (χ4v) is 3.85. The summed E-state index contributed by atoms with van der Waals surface area (Å²) in [7, 11) is 0. The normalized spacial score (nSPS) is 11.1. The Kier molecular flexibility index (Phi) is 8.47. The SMILES string of the molecule is C=CCCc1cc(F)c(C(F)(F)Oc2ccc(C#Cc3ccc(-c4cc(F)c(F)c(F)c4)c(F)c3)c(F)c2)c(F)c1. The van der Waals surface area contributed by atoms with E-state index >= 15 is 0 Å². The number of hydrogen-bond donors (Lipinski definition) is 0. The molecule has 41 heavy (non-hydrogen) atoms. The molecule has 4 aromatic carbocycles. The second-order valence-electron chi connectivity index (χ2n) is 8.72. The summed E-state index contributed by atoms with van der Waals surface area (Å²) in [6.07, 6.45) is -2.43. The maximum atomic E-state index is 14.6. The highest BCUT2D eigenvalue weighted by atomic mass is 19.3. The zero-order valence-electron chi connectivity index (χ0n) is 20.8. The van der Waals surface area contributed by atoms with Crippen LogP contribution in [0.4, 0.5) is 39.5 Å². The minimum Gasteiger partial charge on any atom is -0.429 e. The lowest BCUT2D eigenvalue weighted by Gasteiger charge is -2.20. The second-order valence-corrected chi connectivity index (χ2v) is 8.72. The average molecular weight is 576 g/mol. The molecule has 0 spiro atoms. The molecule has 10 heteroatoms. The molecule has 0 unspecified atom stereocenters. The summed E-state index contributed by atoms with van der Waals surface area (Å²) < 4.78 is 132. The first-order chi connectivity index (χ1) is 19.4. The summed E-state index contributed by atoms with van der Waals surface area (Å²) in [4.78, 5) is 0. The molecule has 0 fully saturated rings. The summed E-state index contributed by atoms with van der Waals surface area (Å²) in [5.74, 6) is -5.79. The van der Waals surface area contributed by atoms with Gasteiger partial charge < -0.3 is 4.74 Å². The highest BCUT2D eigenvalue weighted by Crippen LogP contribution is 2.36. The van der Waals surface area contributed by atoms with Gasteiger partial charge in [-0.1, -0.05) is 24.0 Å². The molecule has 4 aromatic rings. The van der Waals surface area contributed by atoms with E-state index in [1.165, 1.54) is 12.1 Å². The number of hydrogen-bond acceptors (Lipinski definition) is 1. The Labute approximate surface area is 228 Å². The Hall–Kier alpha value is -4.65. The third-order valence-corrected chi connectivity index (χ3v) is 5.82. The average Bonchev–Trinajstić information content (AvgIpc) is 2.89. The topological polar surface area (TPSA) is 9.23 Å². The van der Waals surface area contributed by atoms with Gasteiger partial charge in [0.1, 0.15) is 34.6 Å². The first-order valence-electron chi connectivity index (χ1n) is 11.8. The van der Waals surface area contributed by atoms with Crippen molar-refractivity contribution in [3.05, 3.63) is 136 Å². The van der Waals surface area contributed by atoms with Crippen molar-refractivity contribution in [2.75, 3.05) is 0 Å². The molecule has 0 heterocycles. The number of rotatable bonds is 7. The van der Waals surface area contributed by atoms with E-state index in [1.54, 1.807) is 0 Å². The molecule has 0 aliphatic rings. The van der Waals surface area contributed by atoms with E-state index in [2.05, 4.69) is 23.2 Å². The van der Waals surface area contributed by atoms with Crippen LogP contribution in [0.25, 0.3) is 11.1 Å². The number of alkyl halides is 2. The van der Waals surface area contributed by atoms with Crippen LogP contribution in [0.15, 0.2) is 73.3 Å². The summed E-state index contributed by atoms with van der Waals surface area (Å²) in [5, 5.41) is 0. The molecule has 0 aromatic heterocycles. The van der Waals surface area contributed by atoms with Crippen LogP contribution < -0.4 is 4.74 Å². The van der Waals surface area contributed by atoms with E-state index in [9.17, 15) is 39.5 Å². The highest BCUT2D eigenvalue weighted by Gasteiger charge is 2.41. The van der Waals surface area contributed by atoms with E-state index in [-0.39, 0.29) is 34.2 Å². The van der Waals surface area contributed by atoms with Crippen LogP contribution in [0.2, 0.25) is 0 Å². The predicted octanol–water partition coefficient (Wildman–Crippen LogP) is 8.97. The van der Waals surface area contributed by atoms with Gasteiger partial charge in [-0.25, -0.2) is 30.7 Å². The molecule has 210 valence electrons. The summed E-state index contributed by atoms with van der Waals surface area (Å²) in [5.41, 5.74) is -2.30. The molecule has 0 saturated heterocycles. The first kappa shape index (κ1) is 29.3. The number of aryl methyl sites for hydroxylation is 1. The molecule has 0 bridgehead atoms. The van der Waals surface area contributed by atoms with Crippen LogP contribution in [0.1, 0.15) is 28.7 Å². The molecule has 4 rings (SSSR count). The molecule has 0 saturated carbocycles. The van der Waals surface area contributed by atoms with Crippen molar-refractivity contribution in [1.29, 1.82) is 0 Å². The lowest BCUT2D eigenvalue weighted by molar-refractivity contribution is -0.189. The molecule has 0 aliphatic carbocycles. The third-order valence-electron chi connectivity index (χ3n) is 5.82. The summed E-state index contributed by atoms with van der Waals surface area (Å²) >= 11 is 0. The van der Waals surface area contributed by atoms with Gasteiger partial charge in [-0.05, 0) is 72.5 Å². The van der Waals surface area contributed by atoms with Crippen LogP contribution in [-0.2, 0) is 12.5 Å². The fourth-order valence-electron chi connectivity index (χ4n) is 3.85. The van der Waals surface area contributed by atoms with E-state index in [0.717, 1.165) is 36.4 Å². The second kappa shape index (κ2) is 11.8. The summed E-state index contributed by atoms with van der Waals surface area (Å²) in [6, 6.07) is 8.42. The van der Waals surface area contributed by atoms with Crippen molar-refractivity contribution in [3.63, 3.8) is 0 Å². The first-order valence-corrected chi connectivity index (χ1v) is 11.8. The van der Waals surface area contributed by atoms with E-state index in [4.69, 9.17) is 0 Å². The van der Waals surface area contributed by atoms with E-state index in [0.29, 0.717) is 24.6 Å². The molecule has 0 atom stereocenters. The van der Waals surface area contributed by atoms with Crippen LogP contribution in [0, 0.1) is 52.6 Å². The van der Waals surface area contributed by atoms with Gasteiger partial charge in [0.25, 0.3) is 0 Å². The zero-order valence-corrected chi connectivity index (χ0v) is 20.8. The monoisotopic (exact) mass is 576 g/mol. The van der Waals surface area contributed by atoms with Gasteiger partial charge in [0, 0.05) is 17.2 Å². The number of allylic oxidation sites excluding steroid dienone is 1. The third kappa shape index (κ3) is 6.57. The maximum absolute atomic E-state index is 14.6. The molecule has 1 nitrogen and oxygen atoms in total. The lowest BCUT2D eigenvalue weighted by atomic mass is 10.0. The molecule has 0 amide bonds. The van der Waals surface area contributed by atoms with Gasteiger partial charge in [0.15, 0.2) is 17.5 Å². The van der Waals surface area contributed by atoms with Gasteiger partial charge in [0.2, 0.25) is 0 Å². The highest BCUT2D eigenvalue weighted by molar-refractivity contribution is 5.65. The Morgan fingerprint density at radius 2 is 1.37 bits per heavy atom. The minimum atomic E-state index is -4.49. The van der Waals surface area contributed by atoms with E-state index < -0.39 is 58.1 Å². The quantitative estimate of drug-likeness (QED) is 0.0924. The van der Waals surface area contributed by atoms with Crippen molar-refractivity contribution >= 4 is 0 Å². The van der Waals surface area contributed by atoms with Crippen LogP contribution in [-0.4, -0.2) is 0 Å². The Bertz CT molecular complexity index is 1650. The smallest absolute Gasteiger partial charge is 0.429 e. The fraction of sp³-hybridized carbons (Fsp3) is 0.0968. The molecule has 0 aliphatic heterocycles. The molecular weight excluding hydrogens is 559 g/mol. The molecular formula is C31H17F9O. The Morgan fingerprint density at radius 3 is 1.95 bits per heavy atom. The predicted molar refractivity (Wildman–Crippen MR) is 133 cm³/mol. The van der Waals surface area contributed by atoms with Gasteiger partial charge in [-0.15, -0.1) is 6.58 Å². The van der Waals surface area contributed by atoms with Gasteiger partial charge in [0.05, 0.1) is 5.56 Å². The molecule has 0 radical (unpaired) electrons. The molecule has 0 N–H and O–H groups in total. The standard InChI is InChI=1S/C31H17F9O/c1-2-3-4-18-12-25(34)29(26(35)13-18)31(39,40)41-21-9-8-19(23(32)16-21)7-5-17-6-10-22(24(33)11-17)20-14-27(36)30(38)28(37)15-20/h2,6,8-16H,1,3-4H2. The summed E-state index contributed by atoms with van der Waals surface area (Å²) in [6.45, 7) is 3.48. The van der Waals surface area contributed by atoms with Gasteiger partial charge in [-0.2, -0.15) is 8.78 Å². The number of benzene rings is 4. The van der Waals surface area contributed by atoms with Gasteiger partial charge in [-0.3, -0.25) is 0 Å². The van der Waals surface area contributed by atoms with Crippen LogP contribution in [0.3, 0.4) is 0 Å². The van der Waals surface area contributed by atoms with Gasteiger partial charge >= 0.3 is 6.11 Å². The number of ether oxygens (including phenoxy) is 1. The van der Waals surface area contributed by atoms with E-state index in [1.807, 2.05) is 0 Å². The van der Waals surface area contributed by atoms with Crippen molar-refractivity contribution < 1.29 is 44.3 Å². The minimum absolute atomic E-state index is 0.0167. The Morgan fingerprint density at radius 1 is 0.707 bits per heavy atom. The van der Waals surface area contributed by atoms with Crippen LogP contribution >= 0.6 is 0 Å². The largest absolute Gasteiger partial charge is 0.432 e.